The highest BCUT2D eigenvalue weighted by Crippen LogP contribution is 2.35. The summed E-state index contributed by atoms with van der Waals surface area (Å²) in [7, 11) is 0. The second-order valence-corrected chi connectivity index (χ2v) is 7.39. The first kappa shape index (κ1) is 19.2. The number of aromatic nitrogens is 1. The fourth-order valence-electron chi connectivity index (χ4n) is 2.23. The first-order chi connectivity index (χ1) is 13.1. The molecule has 0 aliphatic rings. The number of thioether (sulfide) groups is 1. The Morgan fingerprint density at radius 1 is 1.22 bits per heavy atom. The van der Waals surface area contributed by atoms with Crippen LogP contribution in [0.4, 0.5) is 5.00 Å². The lowest BCUT2D eigenvalue weighted by molar-refractivity contribution is -0.115. The molecule has 1 aromatic heterocycles. The molecule has 5 nitrogen and oxygen atoms in total. The third-order valence-electron chi connectivity index (χ3n) is 3.56. The molecule has 1 N–H and O–H groups in total. The Labute approximate surface area is 170 Å². The molecule has 0 spiro atoms. The molecule has 0 bridgehead atoms. The van der Waals surface area contributed by atoms with Gasteiger partial charge in [0, 0.05) is 0 Å². The third kappa shape index (κ3) is 5.01. The van der Waals surface area contributed by atoms with Crippen LogP contribution in [0.25, 0.3) is 0 Å². The molecule has 0 unspecified atom stereocenters. The third-order valence-corrected chi connectivity index (χ3v) is 5.71. The van der Waals surface area contributed by atoms with E-state index < -0.39 is 0 Å². The minimum Gasteiger partial charge on any atom is -0.457 e. The van der Waals surface area contributed by atoms with Gasteiger partial charge in [0.05, 0.1) is 18.1 Å². The Bertz CT molecular complexity index is 980. The van der Waals surface area contributed by atoms with Gasteiger partial charge in [-0.3, -0.25) is 4.79 Å². The van der Waals surface area contributed by atoms with Crippen LogP contribution in [0.1, 0.15) is 11.1 Å². The Morgan fingerprint density at radius 2 is 1.85 bits per heavy atom. The molecular weight excluding hydrogens is 402 g/mol. The lowest BCUT2D eigenvalue weighted by Crippen LogP contribution is -2.13. The van der Waals surface area contributed by atoms with Crippen molar-refractivity contribution < 1.29 is 9.53 Å². The number of hydrogen-bond acceptors (Lipinski definition) is 6. The minimum absolute atomic E-state index is 0.158. The predicted octanol–water partition coefficient (Wildman–Crippen LogP) is 5.36. The lowest BCUT2D eigenvalue weighted by atomic mass is 10.1. The number of nitrogens with zero attached hydrogens (tertiary/aromatic N) is 2. The molecule has 0 atom stereocenters. The summed E-state index contributed by atoms with van der Waals surface area (Å²) in [5, 5.41) is 13.4. The summed E-state index contributed by atoms with van der Waals surface area (Å²) < 4.78 is 9.91. The molecule has 3 aromatic rings. The molecule has 8 heteroatoms. The van der Waals surface area contributed by atoms with Crippen molar-refractivity contribution in [3.05, 3.63) is 64.7 Å². The number of halogens is 1. The van der Waals surface area contributed by atoms with E-state index in [9.17, 15) is 4.79 Å². The summed E-state index contributed by atoms with van der Waals surface area (Å²) in [6.45, 7) is 0. The van der Waals surface area contributed by atoms with E-state index in [-0.39, 0.29) is 12.3 Å². The summed E-state index contributed by atoms with van der Waals surface area (Å²) in [6, 6.07) is 16.2. The zero-order valence-corrected chi connectivity index (χ0v) is 16.6. The number of rotatable bonds is 6. The molecule has 0 aliphatic heterocycles. The highest BCUT2D eigenvalue weighted by atomic mass is 35.5. The number of ether oxygens (including phenoxy) is 1. The van der Waals surface area contributed by atoms with Crippen molar-refractivity contribution in [3.8, 4) is 17.6 Å². The number of carbonyl (C=O) groups is 1. The number of amides is 1. The van der Waals surface area contributed by atoms with Crippen LogP contribution in [-0.2, 0) is 11.2 Å². The van der Waals surface area contributed by atoms with E-state index in [0.717, 1.165) is 5.56 Å². The van der Waals surface area contributed by atoms with Crippen molar-refractivity contribution in [3.63, 3.8) is 0 Å². The zero-order valence-electron chi connectivity index (χ0n) is 14.2. The maximum absolute atomic E-state index is 12.2. The SMILES string of the molecule is CSc1nsc(NC(=O)Cc2ccc(Oc3ccc(C#N)cc3)cc2)c1Cl. The Morgan fingerprint density at radius 3 is 2.41 bits per heavy atom. The van der Waals surface area contributed by atoms with Crippen LogP contribution in [0.5, 0.6) is 11.5 Å². The number of nitrogens with one attached hydrogen (secondary N) is 1. The molecular formula is C19H14ClN3O2S2. The van der Waals surface area contributed by atoms with Gasteiger partial charge in [0.25, 0.3) is 0 Å². The van der Waals surface area contributed by atoms with Crippen molar-refractivity contribution in [2.75, 3.05) is 11.6 Å². The Hall–Kier alpha value is -2.53. The van der Waals surface area contributed by atoms with E-state index in [0.29, 0.717) is 32.1 Å². The van der Waals surface area contributed by atoms with Crippen molar-refractivity contribution in [1.29, 1.82) is 5.26 Å². The molecule has 0 radical (unpaired) electrons. The number of benzene rings is 2. The summed E-state index contributed by atoms with van der Waals surface area (Å²) in [6.07, 6.45) is 2.11. The predicted molar refractivity (Wildman–Crippen MR) is 109 cm³/mol. The van der Waals surface area contributed by atoms with E-state index in [1.54, 1.807) is 36.4 Å². The van der Waals surface area contributed by atoms with Gasteiger partial charge in [-0.05, 0) is 59.7 Å². The second kappa shape index (κ2) is 8.91. The number of carbonyl (C=O) groups excluding carboxylic acids is 1. The first-order valence-electron chi connectivity index (χ1n) is 7.85. The Kier molecular flexibility index (Phi) is 6.35. The van der Waals surface area contributed by atoms with Crippen molar-refractivity contribution >= 4 is 45.8 Å². The van der Waals surface area contributed by atoms with Gasteiger partial charge >= 0.3 is 0 Å². The van der Waals surface area contributed by atoms with Gasteiger partial charge in [0.15, 0.2) is 0 Å². The quantitative estimate of drug-likeness (QED) is 0.548. The smallest absolute Gasteiger partial charge is 0.229 e. The van der Waals surface area contributed by atoms with Crippen LogP contribution in [0, 0.1) is 11.3 Å². The molecule has 0 fully saturated rings. The average molecular weight is 416 g/mol. The van der Waals surface area contributed by atoms with Gasteiger partial charge in [-0.1, -0.05) is 23.7 Å². The molecule has 0 saturated carbocycles. The molecule has 27 heavy (non-hydrogen) atoms. The van der Waals surface area contributed by atoms with Crippen molar-refractivity contribution in [1.82, 2.24) is 4.37 Å². The highest BCUT2D eigenvalue weighted by Gasteiger charge is 2.14. The topological polar surface area (TPSA) is 75.0 Å². The van der Waals surface area contributed by atoms with Crippen LogP contribution >= 0.6 is 34.9 Å². The largest absolute Gasteiger partial charge is 0.457 e. The standard InChI is InChI=1S/C19H14ClN3O2S2/c1-26-19-17(20)18(27-23-19)22-16(24)10-12-2-6-14(7-3-12)25-15-8-4-13(11-21)5-9-15/h2-9H,10H2,1H3,(H,22,24). The van der Waals surface area contributed by atoms with E-state index in [4.69, 9.17) is 21.6 Å². The maximum Gasteiger partial charge on any atom is 0.229 e. The van der Waals surface area contributed by atoms with Gasteiger partial charge in [-0.25, -0.2) is 0 Å². The average Bonchev–Trinajstić information content (AvgIpc) is 3.03. The number of anilines is 1. The minimum atomic E-state index is -0.158. The van der Waals surface area contributed by atoms with Gasteiger partial charge in [-0.15, -0.1) is 11.8 Å². The maximum atomic E-state index is 12.2. The van der Waals surface area contributed by atoms with Crippen LogP contribution in [0.15, 0.2) is 53.6 Å². The molecule has 0 saturated heterocycles. The monoisotopic (exact) mass is 415 g/mol. The number of nitriles is 1. The zero-order chi connectivity index (χ0) is 19.2. The fraction of sp³-hybridized carbons (Fsp3) is 0.105. The van der Waals surface area contributed by atoms with Gasteiger partial charge in [-0.2, -0.15) is 9.64 Å². The van der Waals surface area contributed by atoms with E-state index in [1.165, 1.54) is 23.3 Å². The highest BCUT2D eigenvalue weighted by molar-refractivity contribution is 7.98. The first-order valence-corrected chi connectivity index (χ1v) is 10.2. The fourth-order valence-corrected chi connectivity index (χ4v) is 4.07. The molecule has 2 aromatic carbocycles. The van der Waals surface area contributed by atoms with Crippen LogP contribution in [0.3, 0.4) is 0 Å². The van der Waals surface area contributed by atoms with Crippen LogP contribution < -0.4 is 10.1 Å². The molecule has 3 rings (SSSR count). The lowest BCUT2D eigenvalue weighted by Gasteiger charge is -2.07. The van der Waals surface area contributed by atoms with E-state index >= 15 is 0 Å². The normalized spacial score (nSPS) is 10.3. The van der Waals surface area contributed by atoms with E-state index in [1.807, 2.05) is 18.4 Å². The van der Waals surface area contributed by atoms with Crippen molar-refractivity contribution in [2.45, 2.75) is 11.4 Å². The molecule has 0 aliphatic carbocycles. The molecule has 136 valence electrons. The number of hydrogen-bond donors (Lipinski definition) is 1. The van der Waals surface area contributed by atoms with Crippen LogP contribution in [0.2, 0.25) is 5.02 Å². The summed E-state index contributed by atoms with van der Waals surface area (Å²) in [5.74, 6) is 1.14. The van der Waals surface area contributed by atoms with Gasteiger partial charge in [0.2, 0.25) is 5.91 Å². The van der Waals surface area contributed by atoms with Gasteiger partial charge in [0.1, 0.15) is 26.5 Å². The Balaban J connectivity index is 1.58. The second-order valence-electron chi connectivity index (χ2n) is 5.44. The molecule has 1 amide bonds. The van der Waals surface area contributed by atoms with Crippen LogP contribution in [-0.4, -0.2) is 16.5 Å². The van der Waals surface area contributed by atoms with Gasteiger partial charge < -0.3 is 10.1 Å². The van der Waals surface area contributed by atoms with E-state index in [2.05, 4.69) is 15.8 Å². The summed E-state index contributed by atoms with van der Waals surface area (Å²) >= 11 is 8.78. The van der Waals surface area contributed by atoms with Crippen molar-refractivity contribution in [2.24, 2.45) is 0 Å². The molecule has 1 heterocycles. The summed E-state index contributed by atoms with van der Waals surface area (Å²) in [5.41, 5.74) is 1.43. The summed E-state index contributed by atoms with van der Waals surface area (Å²) in [4.78, 5) is 12.2.